The Kier molecular flexibility index (Phi) is 4.35. The summed E-state index contributed by atoms with van der Waals surface area (Å²) in [6.07, 6.45) is 0. The number of halogens is 1. The van der Waals surface area contributed by atoms with E-state index in [1.807, 2.05) is 0 Å². The molecule has 0 bridgehead atoms. The van der Waals surface area contributed by atoms with E-state index in [-0.39, 0.29) is 5.56 Å². The van der Waals surface area contributed by atoms with Crippen LogP contribution in [0.1, 0.15) is 17.3 Å². The van der Waals surface area contributed by atoms with Crippen LogP contribution in [0.3, 0.4) is 0 Å². The molecule has 0 aliphatic carbocycles. The molecule has 4 nitrogen and oxygen atoms in total. The number of aliphatic carboxylic acids is 1. The third kappa shape index (κ3) is 2.81. The molecule has 0 heterocycles. The van der Waals surface area contributed by atoms with Gasteiger partial charge in [0.25, 0.3) is 0 Å². The zero-order chi connectivity index (χ0) is 14.9. The van der Waals surface area contributed by atoms with Crippen LogP contribution in [0.25, 0.3) is 10.8 Å². The number of benzene rings is 2. The first kappa shape index (κ1) is 14.9. The third-order valence-electron chi connectivity index (χ3n) is 2.83. The van der Waals surface area contributed by atoms with E-state index in [0.717, 1.165) is 21.6 Å². The molecular weight excluding hydrogens is 344 g/mol. The molecule has 0 spiro atoms. The molecule has 20 heavy (non-hydrogen) atoms. The summed E-state index contributed by atoms with van der Waals surface area (Å²) in [6.45, 7) is 1.57. The van der Waals surface area contributed by atoms with Crippen molar-refractivity contribution in [2.45, 2.75) is 17.1 Å². The maximum atomic E-state index is 11.4. The quantitative estimate of drug-likeness (QED) is 0.815. The maximum Gasteiger partial charge on any atom is 0.336 e. The first-order valence-corrected chi connectivity index (χ1v) is 7.43. The van der Waals surface area contributed by atoms with Crippen molar-refractivity contribution in [1.82, 2.24) is 0 Å². The standard InChI is InChI=1S/C14H11BrO4S/c1-7(13(16)17)20-11-6-5-10(15)8-3-2-4-9(12(8)11)14(18)19/h2-7H,1H3,(H,16,17)(H,18,19). The van der Waals surface area contributed by atoms with Crippen LogP contribution in [0.4, 0.5) is 0 Å². The Morgan fingerprint density at radius 1 is 1.20 bits per heavy atom. The van der Waals surface area contributed by atoms with Gasteiger partial charge in [-0.05, 0) is 30.5 Å². The minimum atomic E-state index is -1.03. The number of carboxylic acid groups (broad SMARTS) is 2. The van der Waals surface area contributed by atoms with Gasteiger partial charge in [-0.15, -0.1) is 11.8 Å². The average molecular weight is 355 g/mol. The Labute approximate surface area is 127 Å². The van der Waals surface area contributed by atoms with Crippen molar-refractivity contribution in [3.05, 3.63) is 40.4 Å². The van der Waals surface area contributed by atoms with Crippen molar-refractivity contribution in [3.63, 3.8) is 0 Å². The van der Waals surface area contributed by atoms with Crippen LogP contribution >= 0.6 is 27.7 Å². The van der Waals surface area contributed by atoms with E-state index in [1.54, 1.807) is 31.2 Å². The van der Waals surface area contributed by atoms with Crippen molar-refractivity contribution < 1.29 is 19.8 Å². The van der Waals surface area contributed by atoms with Gasteiger partial charge >= 0.3 is 11.9 Å². The fraction of sp³-hybridized carbons (Fsp3) is 0.143. The second-order valence-corrected chi connectivity index (χ2v) is 6.41. The number of hydrogen-bond acceptors (Lipinski definition) is 3. The number of fused-ring (bicyclic) bond motifs is 1. The number of aromatic carboxylic acids is 1. The van der Waals surface area contributed by atoms with Crippen molar-refractivity contribution in [1.29, 1.82) is 0 Å². The van der Waals surface area contributed by atoms with E-state index >= 15 is 0 Å². The van der Waals surface area contributed by atoms with Gasteiger partial charge in [-0.3, -0.25) is 4.79 Å². The summed E-state index contributed by atoms with van der Waals surface area (Å²) in [4.78, 5) is 23.0. The molecule has 0 aromatic heterocycles. The molecule has 2 aromatic rings. The van der Waals surface area contributed by atoms with Crippen molar-refractivity contribution in [2.24, 2.45) is 0 Å². The van der Waals surface area contributed by atoms with Gasteiger partial charge in [-0.25, -0.2) is 4.79 Å². The molecule has 2 rings (SSSR count). The number of carbonyl (C=O) groups is 2. The van der Waals surface area contributed by atoms with Gasteiger partial charge in [0, 0.05) is 14.8 Å². The predicted molar refractivity (Wildman–Crippen MR) is 81.6 cm³/mol. The number of rotatable bonds is 4. The molecule has 0 fully saturated rings. The van der Waals surface area contributed by atoms with E-state index < -0.39 is 17.2 Å². The fourth-order valence-electron chi connectivity index (χ4n) is 1.86. The lowest BCUT2D eigenvalue weighted by Crippen LogP contribution is -2.11. The van der Waals surface area contributed by atoms with Gasteiger partial charge in [0.2, 0.25) is 0 Å². The van der Waals surface area contributed by atoms with Crippen LogP contribution in [0.2, 0.25) is 0 Å². The summed E-state index contributed by atoms with van der Waals surface area (Å²) in [5.41, 5.74) is 0.170. The van der Waals surface area contributed by atoms with E-state index in [0.29, 0.717) is 10.3 Å². The minimum Gasteiger partial charge on any atom is -0.480 e. The summed E-state index contributed by atoms with van der Waals surface area (Å²) >= 11 is 4.53. The Morgan fingerprint density at radius 3 is 2.50 bits per heavy atom. The largest absolute Gasteiger partial charge is 0.480 e. The van der Waals surface area contributed by atoms with E-state index in [4.69, 9.17) is 5.11 Å². The average Bonchev–Trinajstić information content (AvgIpc) is 2.41. The Bertz CT molecular complexity index is 699. The lowest BCUT2D eigenvalue weighted by molar-refractivity contribution is -0.136. The predicted octanol–water partition coefficient (Wildman–Crippen LogP) is 3.87. The highest BCUT2D eigenvalue weighted by molar-refractivity contribution is 9.10. The second-order valence-electron chi connectivity index (χ2n) is 4.18. The van der Waals surface area contributed by atoms with Crippen LogP contribution in [0, 0.1) is 0 Å². The molecule has 0 radical (unpaired) electrons. The molecule has 0 aliphatic heterocycles. The van der Waals surface area contributed by atoms with Crippen molar-refractivity contribution in [3.8, 4) is 0 Å². The van der Waals surface area contributed by atoms with E-state index in [9.17, 15) is 14.7 Å². The van der Waals surface area contributed by atoms with Gasteiger partial charge in [0.15, 0.2) is 0 Å². The maximum absolute atomic E-state index is 11.4. The Hall–Kier alpha value is -1.53. The highest BCUT2D eigenvalue weighted by atomic mass is 79.9. The first-order chi connectivity index (χ1) is 9.41. The topological polar surface area (TPSA) is 74.6 Å². The van der Waals surface area contributed by atoms with Crippen LogP contribution in [0.5, 0.6) is 0 Å². The van der Waals surface area contributed by atoms with Crippen LogP contribution in [0.15, 0.2) is 39.7 Å². The van der Waals surface area contributed by atoms with Gasteiger partial charge < -0.3 is 10.2 Å². The first-order valence-electron chi connectivity index (χ1n) is 5.75. The molecule has 1 atom stereocenters. The molecule has 0 amide bonds. The zero-order valence-corrected chi connectivity index (χ0v) is 12.9. The third-order valence-corrected chi connectivity index (χ3v) is 4.67. The summed E-state index contributed by atoms with van der Waals surface area (Å²) in [7, 11) is 0. The summed E-state index contributed by atoms with van der Waals surface area (Å²) < 4.78 is 0.780. The van der Waals surface area contributed by atoms with Gasteiger partial charge in [-0.2, -0.15) is 0 Å². The highest BCUT2D eigenvalue weighted by Gasteiger charge is 2.18. The summed E-state index contributed by atoms with van der Waals surface area (Å²) in [5.74, 6) is -1.96. The van der Waals surface area contributed by atoms with Crippen LogP contribution < -0.4 is 0 Å². The van der Waals surface area contributed by atoms with Crippen LogP contribution in [-0.2, 0) is 4.79 Å². The van der Waals surface area contributed by atoms with Crippen molar-refractivity contribution >= 4 is 50.4 Å². The molecule has 2 aromatic carbocycles. The van der Waals surface area contributed by atoms with Gasteiger partial charge in [0.05, 0.1) is 5.56 Å². The smallest absolute Gasteiger partial charge is 0.336 e. The number of thioether (sulfide) groups is 1. The van der Waals surface area contributed by atoms with Crippen molar-refractivity contribution in [2.75, 3.05) is 0 Å². The SMILES string of the molecule is CC(Sc1ccc(Br)c2cccc(C(=O)O)c12)C(=O)O. The zero-order valence-electron chi connectivity index (χ0n) is 10.5. The number of carboxylic acids is 2. The van der Waals surface area contributed by atoms with E-state index in [1.165, 1.54) is 6.07 Å². The van der Waals surface area contributed by atoms with Gasteiger partial charge in [-0.1, -0.05) is 28.1 Å². The van der Waals surface area contributed by atoms with E-state index in [2.05, 4.69) is 15.9 Å². The normalized spacial score (nSPS) is 12.3. The minimum absolute atomic E-state index is 0.170. The molecule has 2 N–H and O–H groups in total. The highest BCUT2D eigenvalue weighted by Crippen LogP contribution is 2.36. The fourth-order valence-corrected chi connectivity index (χ4v) is 3.28. The summed E-state index contributed by atoms with van der Waals surface area (Å²) in [5, 5.41) is 19.0. The molecular formula is C14H11BrO4S. The molecule has 0 saturated carbocycles. The Balaban J connectivity index is 2.69. The molecule has 6 heteroatoms. The molecule has 0 saturated heterocycles. The summed E-state index contributed by atoms with van der Waals surface area (Å²) in [6, 6.07) is 8.54. The molecule has 0 aliphatic rings. The Morgan fingerprint density at radius 2 is 1.90 bits per heavy atom. The molecule has 104 valence electrons. The van der Waals surface area contributed by atoms with Gasteiger partial charge in [0.1, 0.15) is 5.25 Å². The second kappa shape index (κ2) is 5.85. The lowest BCUT2D eigenvalue weighted by Gasteiger charge is -2.12. The lowest BCUT2D eigenvalue weighted by atomic mass is 10.0. The monoisotopic (exact) mass is 354 g/mol. The van der Waals surface area contributed by atoms with Crippen LogP contribution in [-0.4, -0.2) is 27.4 Å². The number of hydrogen-bond donors (Lipinski definition) is 2. The molecule has 1 unspecified atom stereocenters.